The lowest BCUT2D eigenvalue weighted by atomic mass is 10.1. The first-order valence-corrected chi connectivity index (χ1v) is 5.88. The molecular weight excluding hydrogens is 226 g/mol. The third-order valence-corrected chi connectivity index (χ3v) is 3.31. The highest BCUT2D eigenvalue weighted by Gasteiger charge is 2.20. The van der Waals surface area contributed by atoms with Crippen LogP contribution >= 0.6 is 0 Å². The Morgan fingerprint density at radius 2 is 2.22 bits per heavy atom. The summed E-state index contributed by atoms with van der Waals surface area (Å²) < 4.78 is 2.08. The zero-order chi connectivity index (χ0) is 12.5. The monoisotopic (exact) mass is 239 g/mol. The summed E-state index contributed by atoms with van der Waals surface area (Å²) >= 11 is 0. The van der Waals surface area contributed by atoms with Crippen molar-refractivity contribution >= 4 is 5.82 Å². The molecule has 0 aromatic carbocycles. The van der Waals surface area contributed by atoms with Crippen molar-refractivity contribution in [1.29, 1.82) is 5.26 Å². The third-order valence-electron chi connectivity index (χ3n) is 3.31. The minimum Gasteiger partial charge on any atom is -0.350 e. The first-order chi connectivity index (χ1) is 8.78. The van der Waals surface area contributed by atoms with Gasteiger partial charge in [-0.1, -0.05) is 0 Å². The molecule has 0 N–H and O–H groups in total. The van der Waals surface area contributed by atoms with Crippen LogP contribution < -0.4 is 4.90 Å². The first-order valence-electron chi connectivity index (χ1n) is 5.88. The Morgan fingerprint density at radius 1 is 1.33 bits per heavy atom. The number of fused-ring (bicyclic) bond motifs is 1. The first kappa shape index (κ1) is 10.8. The largest absolute Gasteiger partial charge is 0.350 e. The molecule has 1 aliphatic heterocycles. The minimum absolute atomic E-state index is 0.592. The molecule has 0 radical (unpaired) electrons. The van der Waals surface area contributed by atoms with Crippen LogP contribution in [0, 0.1) is 11.3 Å². The van der Waals surface area contributed by atoms with Crippen LogP contribution in [0.15, 0.2) is 24.7 Å². The van der Waals surface area contributed by atoms with E-state index in [1.807, 2.05) is 19.4 Å². The second-order valence-electron chi connectivity index (χ2n) is 4.44. The third kappa shape index (κ3) is 1.72. The number of aromatic nitrogens is 3. The van der Waals surface area contributed by atoms with Gasteiger partial charge in [0.1, 0.15) is 11.9 Å². The molecule has 5 nitrogen and oxygen atoms in total. The maximum absolute atomic E-state index is 8.76. The Hall–Kier alpha value is -2.35. The van der Waals surface area contributed by atoms with Gasteiger partial charge < -0.3 is 9.47 Å². The zero-order valence-electron chi connectivity index (χ0n) is 10.2. The average Bonchev–Trinajstić information content (AvgIpc) is 2.80. The van der Waals surface area contributed by atoms with Crippen LogP contribution in [0.4, 0.5) is 5.82 Å². The molecule has 90 valence electrons. The van der Waals surface area contributed by atoms with Crippen molar-refractivity contribution < 1.29 is 0 Å². The SMILES string of the molecule is Cn1cnc2c1CCN(c1ccc(C#N)cn1)C2. The van der Waals surface area contributed by atoms with Crippen LogP contribution in [-0.4, -0.2) is 21.1 Å². The Bertz CT molecular complexity index is 605. The maximum atomic E-state index is 8.76. The van der Waals surface area contributed by atoms with Gasteiger partial charge in [0.25, 0.3) is 0 Å². The van der Waals surface area contributed by atoms with Crippen molar-refractivity contribution in [3.63, 3.8) is 0 Å². The predicted octanol–water partition coefficient (Wildman–Crippen LogP) is 1.25. The normalized spacial score (nSPS) is 14.1. The molecular formula is C13H13N5. The molecule has 0 saturated heterocycles. The van der Waals surface area contributed by atoms with Gasteiger partial charge in [-0.05, 0) is 12.1 Å². The van der Waals surface area contributed by atoms with Crippen molar-refractivity contribution in [1.82, 2.24) is 14.5 Å². The number of hydrogen-bond acceptors (Lipinski definition) is 4. The molecule has 5 heteroatoms. The second-order valence-corrected chi connectivity index (χ2v) is 4.44. The van der Waals surface area contributed by atoms with E-state index in [2.05, 4.69) is 25.5 Å². The van der Waals surface area contributed by atoms with Crippen molar-refractivity contribution in [3.05, 3.63) is 41.6 Å². The fraction of sp³-hybridized carbons (Fsp3) is 0.308. The van der Waals surface area contributed by atoms with E-state index in [1.165, 1.54) is 5.69 Å². The number of anilines is 1. The summed E-state index contributed by atoms with van der Waals surface area (Å²) in [6.07, 6.45) is 4.46. The molecule has 0 bridgehead atoms. The fourth-order valence-electron chi connectivity index (χ4n) is 2.29. The van der Waals surface area contributed by atoms with Crippen molar-refractivity contribution in [3.8, 4) is 6.07 Å². The van der Waals surface area contributed by atoms with E-state index >= 15 is 0 Å². The fourth-order valence-corrected chi connectivity index (χ4v) is 2.29. The summed E-state index contributed by atoms with van der Waals surface area (Å²) in [5, 5.41) is 8.76. The zero-order valence-corrected chi connectivity index (χ0v) is 10.2. The van der Waals surface area contributed by atoms with Gasteiger partial charge in [-0.3, -0.25) is 0 Å². The molecule has 0 spiro atoms. The summed E-state index contributed by atoms with van der Waals surface area (Å²) in [5.41, 5.74) is 3.02. The molecule has 0 unspecified atom stereocenters. The average molecular weight is 239 g/mol. The van der Waals surface area contributed by atoms with Crippen LogP contribution in [0.3, 0.4) is 0 Å². The van der Waals surface area contributed by atoms with Crippen molar-refractivity contribution in [2.45, 2.75) is 13.0 Å². The smallest absolute Gasteiger partial charge is 0.128 e. The van der Waals surface area contributed by atoms with Gasteiger partial charge >= 0.3 is 0 Å². The molecule has 2 aromatic rings. The van der Waals surface area contributed by atoms with Crippen LogP contribution in [0.25, 0.3) is 0 Å². The number of hydrogen-bond donors (Lipinski definition) is 0. The number of nitriles is 1. The summed E-state index contributed by atoms with van der Waals surface area (Å²) in [7, 11) is 2.03. The van der Waals surface area contributed by atoms with Gasteiger partial charge in [0.2, 0.25) is 0 Å². The molecule has 3 rings (SSSR count). The van der Waals surface area contributed by atoms with E-state index in [0.717, 1.165) is 31.0 Å². The number of imidazole rings is 1. The molecule has 0 atom stereocenters. The van der Waals surface area contributed by atoms with Crippen LogP contribution in [-0.2, 0) is 20.0 Å². The van der Waals surface area contributed by atoms with E-state index in [4.69, 9.17) is 5.26 Å². The second kappa shape index (κ2) is 4.15. The lowest BCUT2D eigenvalue weighted by Gasteiger charge is -2.27. The lowest BCUT2D eigenvalue weighted by Crippen LogP contribution is -2.31. The number of nitrogens with zero attached hydrogens (tertiary/aromatic N) is 5. The lowest BCUT2D eigenvalue weighted by molar-refractivity contribution is 0.676. The van der Waals surface area contributed by atoms with Gasteiger partial charge in [0, 0.05) is 31.9 Å². The van der Waals surface area contributed by atoms with Crippen molar-refractivity contribution in [2.24, 2.45) is 7.05 Å². The minimum atomic E-state index is 0.592. The Labute approximate surface area is 105 Å². The van der Waals surface area contributed by atoms with Gasteiger partial charge in [0.15, 0.2) is 0 Å². The van der Waals surface area contributed by atoms with Crippen LogP contribution in [0.1, 0.15) is 17.0 Å². The Balaban J connectivity index is 1.85. The predicted molar refractivity (Wildman–Crippen MR) is 66.9 cm³/mol. The Kier molecular flexibility index (Phi) is 2.49. The molecule has 0 saturated carbocycles. The maximum Gasteiger partial charge on any atom is 0.128 e. The van der Waals surface area contributed by atoms with Gasteiger partial charge in [-0.2, -0.15) is 5.26 Å². The number of aryl methyl sites for hydroxylation is 1. The molecule has 0 amide bonds. The Morgan fingerprint density at radius 3 is 2.94 bits per heavy atom. The van der Waals surface area contributed by atoms with E-state index in [-0.39, 0.29) is 0 Å². The van der Waals surface area contributed by atoms with Gasteiger partial charge in [0.05, 0.1) is 24.1 Å². The van der Waals surface area contributed by atoms with Crippen LogP contribution in [0.2, 0.25) is 0 Å². The molecule has 2 aromatic heterocycles. The van der Waals surface area contributed by atoms with Crippen LogP contribution in [0.5, 0.6) is 0 Å². The summed E-state index contributed by atoms with van der Waals surface area (Å²) in [4.78, 5) is 10.9. The topological polar surface area (TPSA) is 57.7 Å². The highest BCUT2D eigenvalue weighted by Crippen LogP contribution is 2.21. The standard InChI is InChI=1S/C13H13N5/c1-17-9-16-11-8-18(5-4-12(11)17)13-3-2-10(6-14)7-15-13/h2-3,7,9H,4-5,8H2,1H3. The number of rotatable bonds is 1. The molecule has 1 aliphatic rings. The molecule has 18 heavy (non-hydrogen) atoms. The molecule has 3 heterocycles. The van der Waals surface area contributed by atoms with Gasteiger partial charge in [-0.15, -0.1) is 0 Å². The number of pyridine rings is 1. The summed E-state index contributed by atoms with van der Waals surface area (Å²) in [6, 6.07) is 5.78. The summed E-state index contributed by atoms with van der Waals surface area (Å²) in [5.74, 6) is 0.908. The van der Waals surface area contributed by atoms with E-state index in [1.54, 1.807) is 12.3 Å². The molecule has 0 fully saturated rings. The highest BCUT2D eigenvalue weighted by atomic mass is 15.2. The molecule has 0 aliphatic carbocycles. The van der Waals surface area contributed by atoms with E-state index < -0.39 is 0 Å². The quantitative estimate of drug-likeness (QED) is 0.751. The highest BCUT2D eigenvalue weighted by molar-refractivity contribution is 5.44. The van der Waals surface area contributed by atoms with Crippen molar-refractivity contribution in [2.75, 3.05) is 11.4 Å². The van der Waals surface area contributed by atoms with E-state index in [0.29, 0.717) is 5.56 Å². The van der Waals surface area contributed by atoms with E-state index in [9.17, 15) is 0 Å². The summed E-state index contributed by atoms with van der Waals surface area (Å²) in [6.45, 7) is 1.72. The van der Waals surface area contributed by atoms with Gasteiger partial charge in [-0.25, -0.2) is 9.97 Å².